The average molecular weight is 314 g/mol. The quantitative estimate of drug-likeness (QED) is 0.733. The van der Waals surface area contributed by atoms with Crippen molar-refractivity contribution in [3.63, 3.8) is 0 Å². The van der Waals surface area contributed by atoms with Crippen molar-refractivity contribution >= 4 is 0 Å². The van der Waals surface area contributed by atoms with E-state index >= 15 is 0 Å². The second-order valence-electron chi connectivity index (χ2n) is 7.54. The molecule has 0 N–H and O–H groups in total. The molecule has 0 radical (unpaired) electrons. The van der Waals surface area contributed by atoms with Crippen LogP contribution in [0.2, 0.25) is 0 Å². The summed E-state index contributed by atoms with van der Waals surface area (Å²) in [4.78, 5) is 11.9. The van der Waals surface area contributed by atoms with Crippen LogP contribution in [0, 0.1) is 23.7 Å². The van der Waals surface area contributed by atoms with Crippen LogP contribution in [0.3, 0.4) is 0 Å². The van der Waals surface area contributed by atoms with Gasteiger partial charge in [0.25, 0.3) is 0 Å². The summed E-state index contributed by atoms with van der Waals surface area (Å²) >= 11 is 0. The van der Waals surface area contributed by atoms with E-state index in [2.05, 4.69) is 13.8 Å². The van der Waals surface area contributed by atoms with Crippen LogP contribution in [0.1, 0.15) is 46.5 Å². The van der Waals surface area contributed by atoms with E-state index in [1.54, 1.807) is 14.2 Å². The third kappa shape index (κ3) is 2.51. The van der Waals surface area contributed by atoms with Crippen LogP contribution in [-0.2, 0) is 24.0 Å². The highest BCUT2D eigenvalue weighted by Crippen LogP contribution is 2.54. The van der Waals surface area contributed by atoms with Gasteiger partial charge in [-0.15, -0.1) is 0 Å². The van der Waals surface area contributed by atoms with Gasteiger partial charge in [-0.05, 0) is 38.0 Å². The minimum Gasteiger partial charge on any atom is -0.356 e. The van der Waals surface area contributed by atoms with Gasteiger partial charge in [0.05, 0.1) is 6.61 Å². The van der Waals surface area contributed by atoms with Gasteiger partial charge in [-0.3, -0.25) is 0 Å². The first-order valence-electron chi connectivity index (χ1n) is 8.52. The molecule has 3 aliphatic rings. The Hall–Kier alpha value is -0.200. The zero-order chi connectivity index (χ0) is 16.0. The third-order valence-corrected chi connectivity index (χ3v) is 6.36. The highest BCUT2D eigenvalue weighted by atomic mass is 17.2. The Morgan fingerprint density at radius 1 is 1.00 bits per heavy atom. The number of hydrogen-bond donors (Lipinski definition) is 0. The highest BCUT2D eigenvalue weighted by molar-refractivity contribution is 5.04. The van der Waals surface area contributed by atoms with Gasteiger partial charge in [-0.2, -0.15) is 0 Å². The molecular weight excluding hydrogens is 284 g/mol. The SMILES string of the molecule is CO[C@H]1OC[C@@]23OO[C@@](C)(OC)CCC2[C@H](C)CCC3[C@H]1C. The molecular formula is C17H30O5. The van der Waals surface area contributed by atoms with Gasteiger partial charge in [0, 0.05) is 32.5 Å². The predicted molar refractivity (Wildman–Crippen MR) is 80.8 cm³/mol. The topological polar surface area (TPSA) is 46.2 Å². The van der Waals surface area contributed by atoms with E-state index < -0.39 is 5.79 Å². The van der Waals surface area contributed by atoms with Crippen LogP contribution in [0.4, 0.5) is 0 Å². The van der Waals surface area contributed by atoms with Crippen LogP contribution in [-0.4, -0.2) is 38.5 Å². The van der Waals surface area contributed by atoms with Crippen molar-refractivity contribution in [2.75, 3.05) is 20.8 Å². The normalized spacial score (nSPS) is 52.5. The Morgan fingerprint density at radius 3 is 2.45 bits per heavy atom. The maximum absolute atomic E-state index is 6.13. The standard InChI is InChI=1S/C17H30O5/c1-11-6-7-14-12(2)15(18-4)20-10-17(14)13(11)8-9-16(3,19-5)21-22-17/h11-15H,6-10H2,1-5H3/t11-,12-,13?,14?,15+,16-,17-/m1/s1. The molecule has 3 rings (SSSR count). The lowest BCUT2D eigenvalue weighted by molar-refractivity contribution is -0.482. The van der Waals surface area contributed by atoms with Crippen molar-refractivity contribution in [3.05, 3.63) is 0 Å². The van der Waals surface area contributed by atoms with Crippen molar-refractivity contribution in [2.24, 2.45) is 23.7 Å². The van der Waals surface area contributed by atoms with Gasteiger partial charge < -0.3 is 14.2 Å². The van der Waals surface area contributed by atoms with Crippen LogP contribution < -0.4 is 0 Å². The van der Waals surface area contributed by atoms with Gasteiger partial charge >= 0.3 is 0 Å². The summed E-state index contributed by atoms with van der Waals surface area (Å²) in [5.41, 5.74) is -0.373. The summed E-state index contributed by atoms with van der Waals surface area (Å²) in [6.07, 6.45) is 4.09. The molecule has 0 bridgehead atoms. The molecule has 1 spiro atoms. The van der Waals surface area contributed by atoms with E-state index in [0.717, 1.165) is 19.3 Å². The van der Waals surface area contributed by atoms with Crippen LogP contribution in [0.25, 0.3) is 0 Å². The van der Waals surface area contributed by atoms with Crippen LogP contribution in [0.5, 0.6) is 0 Å². The Labute approximate surface area is 133 Å². The second kappa shape index (κ2) is 6.02. The molecule has 128 valence electrons. The molecule has 5 nitrogen and oxygen atoms in total. The molecule has 7 atom stereocenters. The second-order valence-corrected chi connectivity index (χ2v) is 7.54. The Kier molecular flexibility index (Phi) is 4.56. The van der Waals surface area contributed by atoms with E-state index in [1.807, 2.05) is 6.92 Å². The molecule has 5 heteroatoms. The largest absolute Gasteiger partial charge is 0.356 e. The molecule has 1 saturated carbocycles. The van der Waals surface area contributed by atoms with Gasteiger partial charge in [-0.1, -0.05) is 13.8 Å². The van der Waals surface area contributed by atoms with Gasteiger partial charge in [-0.25, -0.2) is 9.78 Å². The molecule has 0 aromatic carbocycles. The molecule has 2 unspecified atom stereocenters. The van der Waals surface area contributed by atoms with Crippen LogP contribution in [0.15, 0.2) is 0 Å². The Morgan fingerprint density at radius 2 is 1.77 bits per heavy atom. The highest BCUT2D eigenvalue weighted by Gasteiger charge is 2.60. The summed E-state index contributed by atoms with van der Waals surface area (Å²) < 4.78 is 17.0. The number of methoxy groups -OCH3 is 2. The molecule has 22 heavy (non-hydrogen) atoms. The Bertz CT molecular complexity index is 399. The fraction of sp³-hybridized carbons (Fsp3) is 1.00. The van der Waals surface area contributed by atoms with Crippen molar-refractivity contribution in [3.8, 4) is 0 Å². The average Bonchev–Trinajstić information content (AvgIpc) is 2.67. The summed E-state index contributed by atoms with van der Waals surface area (Å²) in [6, 6.07) is 0. The van der Waals surface area contributed by atoms with Crippen LogP contribution >= 0.6 is 0 Å². The van der Waals surface area contributed by atoms with Crippen molar-refractivity contribution < 1.29 is 24.0 Å². The fourth-order valence-corrected chi connectivity index (χ4v) is 4.84. The minimum absolute atomic E-state index is 0.148. The monoisotopic (exact) mass is 314 g/mol. The van der Waals surface area contributed by atoms with E-state index in [9.17, 15) is 0 Å². The predicted octanol–water partition coefficient (Wildman–Crippen LogP) is 3.13. The molecule has 3 fully saturated rings. The van der Waals surface area contributed by atoms with Gasteiger partial charge in [0.2, 0.25) is 0 Å². The molecule has 2 saturated heterocycles. The smallest absolute Gasteiger partial charge is 0.198 e. The zero-order valence-corrected chi connectivity index (χ0v) is 14.5. The maximum atomic E-state index is 6.13. The zero-order valence-electron chi connectivity index (χ0n) is 14.5. The Balaban J connectivity index is 1.91. The van der Waals surface area contributed by atoms with E-state index in [0.29, 0.717) is 30.3 Å². The lowest BCUT2D eigenvalue weighted by Crippen LogP contribution is -2.62. The summed E-state index contributed by atoms with van der Waals surface area (Å²) in [7, 11) is 3.40. The molecule has 1 aliphatic carbocycles. The summed E-state index contributed by atoms with van der Waals surface area (Å²) in [6.45, 7) is 7.02. The van der Waals surface area contributed by atoms with Crippen molar-refractivity contribution in [1.82, 2.24) is 0 Å². The molecule has 2 aliphatic heterocycles. The van der Waals surface area contributed by atoms with E-state index in [-0.39, 0.29) is 11.9 Å². The number of rotatable bonds is 2. The summed E-state index contributed by atoms with van der Waals surface area (Å²) in [5, 5.41) is 0. The van der Waals surface area contributed by atoms with Crippen molar-refractivity contribution in [1.29, 1.82) is 0 Å². The summed E-state index contributed by atoms with van der Waals surface area (Å²) in [5.74, 6) is 1.06. The lowest BCUT2D eigenvalue weighted by Gasteiger charge is -2.55. The van der Waals surface area contributed by atoms with E-state index in [4.69, 9.17) is 24.0 Å². The first-order valence-corrected chi connectivity index (χ1v) is 8.52. The van der Waals surface area contributed by atoms with E-state index in [1.165, 1.54) is 6.42 Å². The first-order chi connectivity index (χ1) is 10.5. The number of hydrogen-bond acceptors (Lipinski definition) is 5. The molecule has 2 heterocycles. The lowest BCUT2D eigenvalue weighted by atomic mass is 9.58. The number of ether oxygens (including phenoxy) is 3. The molecule has 0 aromatic heterocycles. The first kappa shape index (κ1) is 16.7. The fourth-order valence-electron chi connectivity index (χ4n) is 4.84. The minimum atomic E-state index is -0.669. The van der Waals surface area contributed by atoms with Crippen molar-refractivity contribution in [2.45, 2.75) is 64.1 Å². The molecule has 0 aromatic rings. The maximum Gasteiger partial charge on any atom is 0.198 e. The van der Waals surface area contributed by atoms with Gasteiger partial charge in [0.1, 0.15) is 5.60 Å². The third-order valence-electron chi connectivity index (χ3n) is 6.36. The molecule has 0 amide bonds. The van der Waals surface area contributed by atoms with Gasteiger partial charge in [0.15, 0.2) is 12.1 Å².